The summed E-state index contributed by atoms with van der Waals surface area (Å²) < 4.78 is 0. The normalized spacial score (nSPS) is 18.5. The molecular weight excluding hydrogens is 264 g/mol. The third kappa shape index (κ3) is 2.92. The minimum absolute atomic E-state index is 0.0588. The molecule has 1 atom stereocenters. The van der Waals surface area contributed by atoms with E-state index in [4.69, 9.17) is 0 Å². The van der Waals surface area contributed by atoms with Crippen LogP contribution in [0.3, 0.4) is 0 Å². The molecule has 1 aromatic carbocycles. The number of hydrogen-bond acceptors (Lipinski definition) is 3. The topological polar surface area (TPSA) is 54.4 Å². The van der Waals surface area contributed by atoms with Crippen molar-refractivity contribution in [1.29, 1.82) is 0 Å². The summed E-state index contributed by atoms with van der Waals surface area (Å²) in [5, 5.41) is 10.4. The molecule has 0 heterocycles. The molecule has 0 radical (unpaired) electrons. The Bertz CT molecular complexity index is 615. The van der Waals surface area contributed by atoms with Gasteiger partial charge in [-0.05, 0) is 37.5 Å². The van der Waals surface area contributed by atoms with Gasteiger partial charge in [-0.15, -0.1) is 0 Å². The molecule has 0 aliphatic heterocycles. The average molecular weight is 286 g/mol. The van der Waals surface area contributed by atoms with Crippen LogP contribution in [0.25, 0.3) is 5.57 Å². The first kappa shape index (κ1) is 15.5. The van der Waals surface area contributed by atoms with Crippen molar-refractivity contribution in [1.82, 2.24) is 0 Å². The van der Waals surface area contributed by atoms with E-state index in [1.807, 2.05) is 32.9 Å². The van der Waals surface area contributed by atoms with Crippen LogP contribution in [0, 0.1) is 26.7 Å². The van der Waals surface area contributed by atoms with Crippen molar-refractivity contribution in [2.24, 2.45) is 5.92 Å². The predicted octanol–water partition coefficient (Wildman–Crippen LogP) is 3.84. The van der Waals surface area contributed by atoms with Crippen LogP contribution in [0.15, 0.2) is 17.9 Å². The van der Waals surface area contributed by atoms with Crippen LogP contribution in [0.4, 0.5) is 0 Å². The SMILES string of the molecule is CCC(=O)CC1CC(=O)C(c2c(C)cc(C)cc2C)=C1O. The highest BCUT2D eigenvalue weighted by Crippen LogP contribution is 2.38. The van der Waals surface area contributed by atoms with Gasteiger partial charge in [0.25, 0.3) is 0 Å². The van der Waals surface area contributed by atoms with Crippen molar-refractivity contribution in [3.05, 3.63) is 40.1 Å². The van der Waals surface area contributed by atoms with Gasteiger partial charge >= 0.3 is 0 Å². The Balaban J connectivity index is 2.47. The van der Waals surface area contributed by atoms with Gasteiger partial charge in [0.2, 0.25) is 0 Å². The zero-order valence-corrected chi connectivity index (χ0v) is 13.1. The molecule has 0 spiro atoms. The lowest BCUT2D eigenvalue weighted by atomic mass is 9.92. The number of aliphatic hydroxyl groups excluding tert-OH is 1. The molecule has 0 amide bonds. The summed E-state index contributed by atoms with van der Waals surface area (Å²) in [7, 11) is 0. The number of aryl methyl sites for hydroxylation is 3. The first-order valence-electron chi connectivity index (χ1n) is 7.41. The van der Waals surface area contributed by atoms with Crippen molar-refractivity contribution in [3.63, 3.8) is 0 Å². The monoisotopic (exact) mass is 286 g/mol. The van der Waals surface area contributed by atoms with Gasteiger partial charge in [-0.25, -0.2) is 0 Å². The lowest BCUT2D eigenvalue weighted by molar-refractivity contribution is -0.119. The second kappa shape index (κ2) is 5.84. The maximum absolute atomic E-state index is 12.3. The molecule has 0 saturated carbocycles. The number of ketones is 2. The Morgan fingerprint density at radius 2 is 1.81 bits per heavy atom. The number of rotatable bonds is 4. The van der Waals surface area contributed by atoms with Crippen LogP contribution in [0.5, 0.6) is 0 Å². The molecule has 1 aliphatic rings. The summed E-state index contributed by atoms with van der Waals surface area (Å²) in [6.45, 7) is 7.72. The fraction of sp³-hybridized carbons (Fsp3) is 0.444. The van der Waals surface area contributed by atoms with E-state index in [0.717, 1.165) is 22.3 Å². The van der Waals surface area contributed by atoms with Crippen molar-refractivity contribution in [2.75, 3.05) is 0 Å². The highest BCUT2D eigenvalue weighted by Gasteiger charge is 2.35. The zero-order valence-electron chi connectivity index (χ0n) is 13.1. The van der Waals surface area contributed by atoms with Gasteiger partial charge < -0.3 is 5.11 Å². The summed E-state index contributed by atoms with van der Waals surface area (Å²) in [4.78, 5) is 23.9. The lowest BCUT2D eigenvalue weighted by Gasteiger charge is -2.12. The number of benzene rings is 1. The maximum Gasteiger partial charge on any atom is 0.167 e. The molecular formula is C18H22O3. The smallest absolute Gasteiger partial charge is 0.167 e. The standard InChI is InChI=1S/C18H22O3/c1-5-14(19)8-13-9-15(20)17(18(13)21)16-11(3)6-10(2)7-12(16)4/h6-7,13,21H,5,8-9H2,1-4H3. The van der Waals surface area contributed by atoms with E-state index in [2.05, 4.69) is 0 Å². The third-order valence-electron chi connectivity index (χ3n) is 4.15. The number of hydrogen-bond donors (Lipinski definition) is 1. The quantitative estimate of drug-likeness (QED) is 0.915. The summed E-state index contributed by atoms with van der Waals surface area (Å²) in [6.07, 6.45) is 0.928. The summed E-state index contributed by atoms with van der Waals surface area (Å²) in [5.74, 6) is -0.230. The highest BCUT2D eigenvalue weighted by molar-refractivity contribution is 6.24. The first-order chi connectivity index (χ1) is 9.85. The molecule has 2 rings (SSSR count). The van der Waals surface area contributed by atoms with Crippen LogP contribution in [0.1, 0.15) is 48.4 Å². The molecule has 0 fully saturated rings. The van der Waals surface area contributed by atoms with E-state index in [-0.39, 0.29) is 36.1 Å². The number of carbonyl (C=O) groups is 2. The molecule has 3 nitrogen and oxygen atoms in total. The Morgan fingerprint density at radius 3 is 2.33 bits per heavy atom. The maximum atomic E-state index is 12.3. The highest BCUT2D eigenvalue weighted by atomic mass is 16.3. The third-order valence-corrected chi connectivity index (χ3v) is 4.15. The van der Waals surface area contributed by atoms with E-state index in [9.17, 15) is 14.7 Å². The Hall–Kier alpha value is -1.90. The summed E-state index contributed by atoms with van der Waals surface area (Å²) in [5.41, 5.74) is 4.36. The predicted molar refractivity (Wildman–Crippen MR) is 83.2 cm³/mol. The summed E-state index contributed by atoms with van der Waals surface area (Å²) >= 11 is 0. The van der Waals surface area contributed by atoms with Crippen LogP contribution in [-0.2, 0) is 9.59 Å². The second-order valence-electron chi connectivity index (χ2n) is 5.95. The van der Waals surface area contributed by atoms with E-state index < -0.39 is 0 Å². The molecule has 1 aliphatic carbocycles. The molecule has 1 unspecified atom stereocenters. The lowest BCUT2D eigenvalue weighted by Crippen LogP contribution is -2.07. The number of Topliss-reactive ketones (excluding diaryl/α,β-unsaturated/α-hetero) is 2. The minimum Gasteiger partial charge on any atom is -0.511 e. The van der Waals surface area contributed by atoms with E-state index in [1.54, 1.807) is 6.92 Å². The van der Waals surface area contributed by atoms with E-state index in [0.29, 0.717) is 12.0 Å². The van der Waals surface area contributed by atoms with Gasteiger partial charge in [-0.2, -0.15) is 0 Å². The van der Waals surface area contributed by atoms with Crippen molar-refractivity contribution >= 4 is 17.1 Å². The van der Waals surface area contributed by atoms with Gasteiger partial charge in [0.1, 0.15) is 11.5 Å². The summed E-state index contributed by atoms with van der Waals surface area (Å²) in [6, 6.07) is 4.03. The van der Waals surface area contributed by atoms with Crippen molar-refractivity contribution < 1.29 is 14.7 Å². The van der Waals surface area contributed by atoms with Crippen LogP contribution < -0.4 is 0 Å². The number of aliphatic hydroxyl groups is 1. The molecule has 0 aromatic heterocycles. The molecule has 1 aromatic rings. The van der Waals surface area contributed by atoms with Crippen molar-refractivity contribution in [3.8, 4) is 0 Å². The van der Waals surface area contributed by atoms with Gasteiger partial charge in [0.05, 0.1) is 5.57 Å². The van der Waals surface area contributed by atoms with Crippen LogP contribution in [-0.4, -0.2) is 16.7 Å². The molecule has 1 N–H and O–H groups in total. The number of carbonyl (C=O) groups excluding carboxylic acids is 2. The number of allylic oxidation sites excluding steroid dienone is 2. The zero-order chi connectivity index (χ0) is 15.7. The van der Waals surface area contributed by atoms with Crippen molar-refractivity contribution in [2.45, 2.75) is 47.0 Å². The second-order valence-corrected chi connectivity index (χ2v) is 5.95. The Labute approximate surface area is 125 Å². The minimum atomic E-state index is -0.347. The molecule has 3 heteroatoms. The molecule has 112 valence electrons. The van der Waals surface area contributed by atoms with Gasteiger partial charge in [-0.3, -0.25) is 9.59 Å². The van der Waals surface area contributed by atoms with Crippen LogP contribution >= 0.6 is 0 Å². The Kier molecular flexibility index (Phi) is 4.31. The van der Waals surface area contributed by atoms with Gasteiger partial charge in [-0.1, -0.05) is 24.6 Å². The fourth-order valence-corrected chi connectivity index (χ4v) is 3.20. The Morgan fingerprint density at radius 1 is 1.24 bits per heavy atom. The first-order valence-corrected chi connectivity index (χ1v) is 7.41. The molecule has 21 heavy (non-hydrogen) atoms. The molecule has 0 saturated heterocycles. The molecule has 0 bridgehead atoms. The van der Waals surface area contributed by atoms with Crippen LogP contribution in [0.2, 0.25) is 0 Å². The van der Waals surface area contributed by atoms with Gasteiger partial charge in [0.15, 0.2) is 5.78 Å². The fourth-order valence-electron chi connectivity index (χ4n) is 3.20. The van der Waals surface area contributed by atoms with Gasteiger partial charge in [0, 0.05) is 25.2 Å². The van der Waals surface area contributed by atoms with E-state index >= 15 is 0 Å². The van der Waals surface area contributed by atoms with E-state index in [1.165, 1.54) is 0 Å². The average Bonchev–Trinajstić information content (AvgIpc) is 2.65. The largest absolute Gasteiger partial charge is 0.511 e.